The SMILES string of the molecule is CC(C)C[C@H](N)C(=O)N=S(=O)(NC(=O)Cc1ncccn1)c1cc(Cl)cs1. The number of nitrogens with zero attached hydrogens (tertiary/aromatic N) is 3. The van der Waals surface area contributed by atoms with Gasteiger partial charge in [0.2, 0.25) is 5.91 Å². The summed E-state index contributed by atoms with van der Waals surface area (Å²) in [6.45, 7) is 3.82. The first-order valence-electron chi connectivity index (χ1n) is 8.06. The molecule has 0 radical (unpaired) electrons. The molecule has 2 rings (SSSR count). The van der Waals surface area contributed by atoms with Crippen molar-refractivity contribution in [1.29, 1.82) is 0 Å². The van der Waals surface area contributed by atoms with Crippen LogP contribution in [0.5, 0.6) is 0 Å². The van der Waals surface area contributed by atoms with Crippen LogP contribution in [0.1, 0.15) is 26.1 Å². The van der Waals surface area contributed by atoms with Gasteiger partial charge in [0, 0.05) is 17.8 Å². The lowest BCUT2D eigenvalue weighted by Gasteiger charge is -2.13. The van der Waals surface area contributed by atoms with E-state index in [1.807, 2.05) is 13.8 Å². The molecular formula is C16H20ClN5O3S2. The molecule has 27 heavy (non-hydrogen) atoms. The third kappa shape index (κ3) is 6.35. The van der Waals surface area contributed by atoms with Gasteiger partial charge in [0.1, 0.15) is 10.0 Å². The summed E-state index contributed by atoms with van der Waals surface area (Å²) in [5.74, 6) is -0.959. The Morgan fingerprint density at radius 2 is 2.04 bits per heavy atom. The quantitative estimate of drug-likeness (QED) is 0.694. The maximum absolute atomic E-state index is 13.3. The zero-order valence-electron chi connectivity index (χ0n) is 14.8. The summed E-state index contributed by atoms with van der Waals surface area (Å²) < 4.78 is 19.6. The van der Waals surface area contributed by atoms with Crippen LogP contribution in [-0.4, -0.2) is 32.0 Å². The summed E-state index contributed by atoms with van der Waals surface area (Å²) in [6, 6.07) is 2.11. The van der Waals surface area contributed by atoms with Gasteiger partial charge in [-0.15, -0.1) is 15.7 Å². The highest BCUT2D eigenvalue weighted by molar-refractivity contribution is 7.94. The summed E-state index contributed by atoms with van der Waals surface area (Å²) in [4.78, 5) is 32.6. The molecule has 0 spiro atoms. The van der Waals surface area contributed by atoms with E-state index in [4.69, 9.17) is 17.3 Å². The molecule has 8 nitrogen and oxygen atoms in total. The van der Waals surface area contributed by atoms with Crippen molar-refractivity contribution in [3.8, 4) is 0 Å². The number of halogens is 1. The van der Waals surface area contributed by atoms with Crippen molar-refractivity contribution < 1.29 is 13.8 Å². The highest BCUT2D eigenvalue weighted by atomic mass is 35.5. The first-order valence-corrected chi connectivity index (χ1v) is 10.8. The van der Waals surface area contributed by atoms with Crippen molar-refractivity contribution in [3.63, 3.8) is 0 Å². The monoisotopic (exact) mass is 429 g/mol. The fraction of sp³-hybridized carbons (Fsp3) is 0.375. The van der Waals surface area contributed by atoms with E-state index in [9.17, 15) is 13.8 Å². The van der Waals surface area contributed by atoms with Gasteiger partial charge in [0.25, 0.3) is 5.91 Å². The smallest absolute Gasteiger partial charge is 0.272 e. The molecule has 2 aromatic rings. The van der Waals surface area contributed by atoms with Gasteiger partial charge in [0.05, 0.1) is 17.5 Å². The van der Waals surface area contributed by atoms with Crippen LogP contribution in [0, 0.1) is 5.92 Å². The molecule has 2 atom stereocenters. The highest BCUT2D eigenvalue weighted by Crippen LogP contribution is 2.25. The maximum atomic E-state index is 13.3. The Morgan fingerprint density at radius 1 is 1.37 bits per heavy atom. The topological polar surface area (TPSA) is 127 Å². The molecule has 0 aliphatic carbocycles. The van der Waals surface area contributed by atoms with Crippen LogP contribution in [0.2, 0.25) is 5.02 Å². The lowest BCUT2D eigenvalue weighted by atomic mass is 10.0. The fourth-order valence-corrected chi connectivity index (χ4v) is 5.18. The lowest BCUT2D eigenvalue weighted by molar-refractivity contribution is -0.119. The van der Waals surface area contributed by atoms with Gasteiger partial charge in [0.15, 0.2) is 9.92 Å². The van der Waals surface area contributed by atoms with Gasteiger partial charge in [-0.2, -0.15) is 0 Å². The number of nitrogens with two attached hydrogens (primary N) is 1. The Morgan fingerprint density at radius 3 is 2.59 bits per heavy atom. The normalized spacial score (nSPS) is 14.4. The van der Waals surface area contributed by atoms with Crippen LogP contribution in [0.4, 0.5) is 0 Å². The molecule has 0 bridgehead atoms. The number of carbonyl (C=O) groups excluding carboxylic acids is 2. The Labute approximate surface area is 166 Å². The number of carbonyl (C=O) groups is 2. The van der Waals surface area contributed by atoms with Crippen molar-refractivity contribution in [2.24, 2.45) is 16.0 Å². The molecule has 0 aliphatic heterocycles. The van der Waals surface area contributed by atoms with E-state index >= 15 is 0 Å². The molecule has 1 unspecified atom stereocenters. The van der Waals surface area contributed by atoms with Gasteiger partial charge in [-0.25, -0.2) is 14.2 Å². The van der Waals surface area contributed by atoms with Crippen LogP contribution in [0.3, 0.4) is 0 Å². The Bertz CT molecular complexity index is 923. The third-order valence-electron chi connectivity index (χ3n) is 3.27. The highest BCUT2D eigenvalue weighted by Gasteiger charge is 2.24. The van der Waals surface area contributed by atoms with Crippen molar-refractivity contribution in [3.05, 3.63) is 40.8 Å². The molecule has 11 heteroatoms. The van der Waals surface area contributed by atoms with Gasteiger partial charge >= 0.3 is 0 Å². The molecule has 2 amide bonds. The summed E-state index contributed by atoms with van der Waals surface area (Å²) in [6.07, 6.45) is 3.16. The minimum Gasteiger partial charge on any atom is -0.320 e. The maximum Gasteiger partial charge on any atom is 0.272 e. The average Bonchev–Trinajstić information content (AvgIpc) is 3.02. The van der Waals surface area contributed by atoms with E-state index in [1.165, 1.54) is 23.8 Å². The standard InChI is InChI=1S/C16H20ClN5O3S2/c1-10(2)6-12(18)16(24)22-27(25,15-7-11(17)9-26-15)21-14(23)8-13-19-4-3-5-20-13/h3-5,7,9-10,12H,6,8,18H2,1-2H3,(H,21,22,23,24,25)/t12-,27?/m0/s1. The minimum absolute atomic E-state index is 0.163. The fourth-order valence-electron chi connectivity index (χ4n) is 2.12. The number of amides is 2. The predicted octanol–water partition coefficient (Wildman–Crippen LogP) is 2.19. The van der Waals surface area contributed by atoms with E-state index < -0.39 is 27.8 Å². The first-order chi connectivity index (χ1) is 12.7. The number of hydrogen-bond acceptors (Lipinski definition) is 7. The average molecular weight is 430 g/mol. The van der Waals surface area contributed by atoms with Gasteiger partial charge in [-0.05, 0) is 24.5 Å². The summed E-state index contributed by atoms with van der Waals surface area (Å²) in [5, 5.41) is 1.87. The number of aromatic nitrogens is 2. The zero-order chi connectivity index (χ0) is 20.0. The van der Waals surface area contributed by atoms with Crippen molar-refractivity contribution in [1.82, 2.24) is 14.7 Å². The largest absolute Gasteiger partial charge is 0.320 e. The molecule has 0 aromatic carbocycles. The second-order valence-electron chi connectivity index (χ2n) is 6.14. The number of thiophene rings is 1. The second kappa shape index (κ2) is 9.36. The van der Waals surface area contributed by atoms with Gasteiger partial charge in [-0.3, -0.25) is 14.3 Å². The van der Waals surface area contributed by atoms with Crippen LogP contribution < -0.4 is 10.5 Å². The van der Waals surface area contributed by atoms with Crippen molar-refractivity contribution >= 4 is 44.7 Å². The molecule has 2 heterocycles. The molecule has 0 fully saturated rings. The van der Waals surface area contributed by atoms with E-state index in [-0.39, 0.29) is 22.4 Å². The molecule has 2 aromatic heterocycles. The number of rotatable bonds is 7. The molecular weight excluding hydrogens is 410 g/mol. The summed E-state index contributed by atoms with van der Waals surface area (Å²) >= 11 is 6.93. The van der Waals surface area contributed by atoms with Gasteiger partial charge < -0.3 is 5.73 Å². The van der Waals surface area contributed by atoms with Crippen LogP contribution in [0.15, 0.2) is 38.5 Å². The second-order valence-corrected chi connectivity index (χ2v) is 9.63. The van der Waals surface area contributed by atoms with E-state index in [2.05, 4.69) is 19.1 Å². The zero-order valence-corrected chi connectivity index (χ0v) is 17.2. The van der Waals surface area contributed by atoms with Crippen LogP contribution in [-0.2, 0) is 25.9 Å². The molecule has 0 aliphatic rings. The van der Waals surface area contributed by atoms with Crippen LogP contribution in [0.25, 0.3) is 0 Å². The van der Waals surface area contributed by atoms with E-state index in [0.717, 1.165) is 11.3 Å². The predicted molar refractivity (Wildman–Crippen MR) is 104 cm³/mol. The lowest BCUT2D eigenvalue weighted by Crippen LogP contribution is -2.36. The molecule has 0 saturated heterocycles. The molecule has 146 valence electrons. The Hall–Kier alpha value is -1.88. The van der Waals surface area contributed by atoms with Crippen LogP contribution >= 0.6 is 22.9 Å². The van der Waals surface area contributed by atoms with E-state index in [0.29, 0.717) is 11.4 Å². The first kappa shape index (κ1) is 21.4. The number of nitrogens with one attached hydrogen (secondary N) is 1. The van der Waals surface area contributed by atoms with E-state index in [1.54, 1.807) is 6.07 Å². The Kier molecular flexibility index (Phi) is 7.42. The number of hydrogen-bond donors (Lipinski definition) is 2. The minimum atomic E-state index is -3.57. The Balaban J connectivity index is 2.30. The molecule has 0 saturated carbocycles. The van der Waals surface area contributed by atoms with Crippen molar-refractivity contribution in [2.75, 3.05) is 0 Å². The molecule has 3 N–H and O–H groups in total. The van der Waals surface area contributed by atoms with Gasteiger partial charge in [-0.1, -0.05) is 25.4 Å². The third-order valence-corrected chi connectivity index (χ3v) is 6.91. The summed E-state index contributed by atoms with van der Waals surface area (Å²) in [7, 11) is -3.57. The van der Waals surface area contributed by atoms with Crippen molar-refractivity contribution in [2.45, 2.75) is 36.9 Å². The summed E-state index contributed by atoms with van der Waals surface area (Å²) in [5.41, 5.74) is 5.84.